The number of hydrogen-bond acceptors (Lipinski definition) is 6. The van der Waals surface area contributed by atoms with Crippen LogP contribution < -0.4 is 14.8 Å². The second-order valence-electron chi connectivity index (χ2n) is 8.06. The molecule has 0 radical (unpaired) electrons. The van der Waals surface area contributed by atoms with Crippen LogP contribution >= 0.6 is 0 Å². The van der Waals surface area contributed by atoms with Gasteiger partial charge in [0.05, 0.1) is 18.8 Å². The van der Waals surface area contributed by atoms with Gasteiger partial charge in [0, 0.05) is 26.2 Å². The van der Waals surface area contributed by atoms with Crippen LogP contribution in [0.5, 0.6) is 11.5 Å². The highest BCUT2D eigenvalue weighted by molar-refractivity contribution is 5.81. The molecule has 0 bridgehead atoms. The highest BCUT2D eigenvalue weighted by Gasteiger charge is 2.25. The summed E-state index contributed by atoms with van der Waals surface area (Å²) in [5.74, 6) is 0.923. The molecule has 0 aromatic heterocycles. The molecule has 1 aliphatic rings. The molecule has 170 valence electrons. The summed E-state index contributed by atoms with van der Waals surface area (Å²) in [5, 5.41) is 12.2. The third-order valence-electron chi connectivity index (χ3n) is 5.27. The number of hydrogen-bond donors (Lipinski definition) is 1. The molecule has 1 aliphatic heterocycles. The number of morpholine rings is 1. The summed E-state index contributed by atoms with van der Waals surface area (Å²) in [4.78, 5) is 15.2. The minimum Gasteiger partial charge on any atom is -0.492 e. The van der Waals surface area contributed by atoms with Crippen molar-refractivity contribution in [2.45, 2.75) is 26.5 Å². The molecule has 1 unspecified atom stereocenters. The molecule has 2 aromatic rings. The van der Waals surface area contributed by atoms with E-state index in [-0.39, 0.29) is 11.8 Å². The van der Waals surface area contributed by atoms with Crippen molar-refractivity contribution in [2.24, 2.45) is 5.92 Å². The first kappa shape index (κ1) is 23.6. The van der Waals surface area contributed by atoms with Crippen molar-refractivity contribution in [1.82, 2.24) is 10.2 Å². The van der Waals surface area contributed by atoms with Gasteiger partial charge in [0.1, 0.15) is 24.2 Å². The van der Waals surface area contributed by atoms with Gasteiger partial charge in [-0.15, -0.1) is 0 Å². The Labute approximate surface area is 189 Å². The first-order valence-corrected chi connectivity index (χ1v) is 11.0. The summed E-state index contributed by atoms with van der Waals surface area (Å²) >= 11 is 0. The molecular weight excluding hydrogens is 406 g/mol. The molecule has 0 aliphatic carbocycles. The van der Waals surface area contributed by atoms with Crippen molar-refractivity contribution in [2.75, 3.05) is 39.5 Å². The second kappa shape index (κ2) is 12.1. The predicted octanol–water partition coefficient (Wildman–Crippen LogP) is 2.99. The average molecular weight is 438 g/mol. The Morgan fingerprint density at radius 2 is 1.97 bits per heavy atom. The lowest BCUT2D eigenvalue weighted by atomic mass is 10.1. The molecule has 7 heteroatoms. The maximum absolute atomic E-state index is 12.8. The van der Waals surface area contributed by atoms with Gasteiger partial charge in [0.2, 0.25) is 0 Å². The van der Waals surface area contributed by atoms with Crippen molar-refractivity contribution in [3.63, 3.8) is 0 Å². The third-order valence-corrected chi connectivity index (χ3v) is 5.27. The van der Waals surface area contributed by atoms with Gasteiger partial charge >= 0.3 is 0 Å². The van der Waals surface area contributed by atoms with E-state index in [9.17, 15) is 10.1 Å². The Balaban J connectivity index is 1.52. The van der Waals surface area contributed by atoms with Crippen molar-refractivity contribution >= 4 is 5.91 Å². The molecule has 1 saturated heterocycles. The second-order valence-corrected chi connectivity index (χ2v) is 8.06. The molecule has 0 spiro atoms. The lowest BCUT2D eigenvalue weighted by molar-refractivity contribution is -0.130. The first-order valence-electron chi connectivity index (χ1n) is 11.0. The maximum Gasteiger partial charge on any atom is 0.261 e. The zero-order chi connectivity index (χ0) is 22.8. The Hall–Kier alpha value is -3.08. The lowest BCUT2D eigenvalue weighted by Gasteiger charge is -2.26. The summed E-state index contributed by atoms with van der Waals surface area (Å²) in [6, 6.07) is 16.8. The van der Waals surface area contributed by atoms with E-state index in [1.807, 2.05) is 38.1 Å². The van der Waals surface area contributed by atoms with Crippen LogP contribution in [0.15, 0.2) is 48.5 Å². The maximum atomic E-state index is 12.8. The van der Waals surface area contributed by atoms with Crippen LogP contribution in [0.3, 0.4) is 0 Å². The normalized spacial score (nSPS) is 15.1. The fourth-order valence-electron chi connectivity index (χ4n) is 3.44. The van der Waals surface area contributed by atoms with Gasteiger partial charge in [-0.1, -0.05) is 38.1 Å². The summed E-state index contributed by atoms with van der Waals surface area (Å²) < 4.78 is 17.2. The lowest BCUT2D eigenvalue weighted by Crippen LogP contribution is -2.41. The Morgan fingerprint density at radius 1 is 1.19 bits per heavy atom. The summed E-state index contributed by atoms with van der Waals surface area (Å²) in [7, 11) is 0. The standard InChI is InChI=1S/C25H31N3O4/c1-19(2)24(32-23-9-4-3-7-21(23)17-26)25(29)27-18-20-6-5-8-22(16-20)31-15-12-28-10-13-30-14-11-28/h3-9,16,19,24H,10-15,18H2,1-2H3,(H,27,29). The molecule has 32 heavy (non-hydrogen) atoms. The monoisotopic (exact) mass is 437 g/mol. The first-order chi connectivity index (χ1) is 15.6. The van der Waals surface area contributed by atoms with Crippen LogP contribution in [0, 0.1) is 17.2 Å². The molecule has 0 saturated carbocycles. The zero-order valence-electron chi connectivity index (χ0n) is 18.8. The molecule has 1 amide bonds. The van der Waals surface area contributed by atoms with Crippen LogP contribution in [-0.4, -0.2) is 56.4 Å². The van der Waals surface area contributed by atoms with Gasteiger partial charge < -0.3 is 19.5 Å². The number of benzene rings is 2. The molecule has 2 aromatic carbocycles. The van der Waals surface area contributed by atoms with E-state index in [4.69, 9.17) is 14.2 Å². The minimum absolute atomic E-state index is 0.0587. The number of carbonyl (C=O) groups is 1. The summed E-state index contributed by atoms with van der Waals surface area (Å²) in [6.45, 7) is 9.10. The quantitative estimate of drug-likeness (QED) is 0.615. The SMILES string of the molecule is CC(C)C(Oc1ccccc1C#N)C(=O)NCc1cccc(OCCN2CCOCC2)c1. The van der Waals surface area contributed by atoms with Gasteiger partial charge in [-0.25, -0.2) is 0 Å². The number of ether oxygens (including phenoxy) is 3. The molecular formula is C25H31N3O4. The van der Waals surface area contributed by atoms with E-state index in [0.29, 0.717) is 24.5 Å². The van der Waals surface area contributed by atoms with Crippen LogP contribution in [0.4, 0.5) is 0 Å². The average Bonchev–Trinajstić information content (AvgIpc) is 2.82. The molecule has 1 N–H and O–H groups in total. The van der Waals surface area contributed by atoms with Gasteiger partial charge in [0.15, 0.2) is 6.10 Å². The smallest absolute Gasteiger partial charge is 0.261 e. The molecule has 1 fully saturated rings. The zero-order valence-corrected chi connectivity index (χ0v) is 18.8. The van der Waals surface area contributed by atoms with Gasteiger partial charge in [-0.05, 0) is 35.7 Å². The van der Waals surface area contributed by atoms with E-state index in [0.717, 1.165) is 44.2 Å². The van der Waals surface area contributed by atoms with Crippen LogP contribution in [-0.2, 0) is 16.1 Å². The number of amides is 1. The number of nitriles is 1. The number of nitrogens with one attached hydrogen (secondary N) is 1. The Morgan fingerprint density at radius 3 is 2.72 bits per heavy atom. The van der Waals surface area contributed by atoms with Crippen molar-refractivity contribution in [3.8, 4) is 17.6 Å². The fraction of sp³-hybridized carbons (Fsp3) is 0.440. The Kier molecular flexibility index (Phi) is 8.90. The van der Waals surface area contributed by atoms with Crippen LogP contribution in [0.25, 0.3) is 0 Å². The predicted molar refractivity (Wildman–Crippen MR) is 121 cm³/mol. The topological polar surface area (TPSA) is 83.8 Å². The molecule has 1 atom stereocenters. The van der Waals surface area contributed by atoms with E-state index in [1.165, 1.54) is 0 Å². The highest BCUT2D eigenvalue weighted by atomic mass is 16.5. The van der Waals surface area contributed by atoms with Gasteiger partial charge in [-0.2, -0.15) is 5.26 Å². The Bertz CT molecular complexity index is 919. The molecule has 7 nitrogen and oxygen atoms in total. The van der Waals surface area contributed by atoms with E-state index in [1.54, 1.807) is 24.3 Å². The largest absolute Gasteiger partial charge is 0.492 e. The number of nitrogens with zero attached hydrogens (tertiary/aromatic N) is 2. The minimum atomic E-state index is -0.697. The van der Waals surface area contributed by atoms with Crippen LogP contribution in [0.1, 0.15) is 25.0 Å². The van der Waals surface area contributed by atoms with E-state index in [2.05, 4.69) is 16.3 Å². The van der Waals surface area contributed by atoms with Crippen LogP contribution in [0.2, 0.25) is 0 Å². The summed E-state index contributed by atoms with van der Waals surface area (Å²) in [6.07, 6.45) is -0.697. The number of carbonyl (C=O) groups excluding carboxylic acids is 1. The highest BCUT2D eigenvalue weighted by Crippen LogP contribution is 2.21. The number of para-hydroxylation sites is 1. The van der Waals surface area contributed by atoms with E-state index >= 15 is 0 Å². The van der Waals surface area contributed by atoms with Crippen molar-refractivity contribution in [1.29, 1.82) is 5.26 Å². The molecule has 1 heterocycles. The van der Waals surface area contributed by atoms with Gasteiger partial charge in [0.25, 0.3) is 5.91 Å². The van der Waals surface area contributed by atoms with E-state index < -0.39 is 6.10 Å². The summed E-state index contributed by atoms with van der Waals surface area (Å²) in [5.41, 5.74) is 1.36. The molecule has 3 rings (SSSR count). The van der Waals surface area contributed by atoms with Crippen molar-refractivity contribution < 1.29 is 19.0 Å². The number of rotatable bonds is 10. The third kappa shape index (κ3) is 6.98. The van der Waals surface area contributed by atoms with Gasteiger partial charge in [-0.3, -0.25) is 9.69 Å². The fourth-order valence-corrected chi connectivity index (χ4v) is 3.44. The van der Waals surface area contributed by atoms with Crippen molar-refractivity contribution in [3.05, 3.63) is 59.7 Å².